The Morgan fingerprint density at radius 3 is 2.48 bits per heavy atom. The Kier molecular flexibility index (Phi) is 6.53. The van der Waals surface area contributed by atoms with E-state index >= 15 is 0 Å². The summed E-state index contributed by atoms with van der Waals surface area (Å²) in [5, 5.41) is 12.6. The molecule has 0 saturated carbocycles. The number of amides is 2. The summed E-state index contributed by atoms with van der Waals surface area (Å²) in [5.74, 6) is 0.772. The van der Waals surface area contributed by atoms with Gasteiger partial charge in [0.25, 0.3) is 0 Å². The van der Waals surface area contributed by atoms with Gasteiger partial charge in [-0.25, -0.2) is 4.79 Å². The molecule has 2 aromatic rings. The Balaban J connectivity index is 2.16. The number of phenolic OH excluding ortho intramolecular Hbond substituents is 1. The molecule has 0 fully saturated rings. The largest absolute Gasteiger partial charge is 0.508 e. The van der Waals surface area contributed by atoms with Crippen LogP contribution in [0.3, 0.4) is 0 Å². The molecule has 2 rings (SSSR count). The van der Waals surface area contributed by atoms with Crippen LogP contribution in [0.25, 0.3) is 0 Å². The van der Waals surface area contributed by atoms with Crippen molar-refractivity contribution in [2.45, 2.75) is 25.9 Å². The molecule has 0 spiro atoms. The molecule has 25 heavy (non-hydrogen) atoms. The number of nitrogens with zero attached hydrogens (tertiary/aromatic N) is 1. The van der Waals surface area contributed by atoms with Gasteiger partial charge in [0.2, 0.25) is 0 Å². The van der Waals surface area contributed by atoms with E-state index < -0.39 is 0 Å². The van der Waals surface area contributed by atoms with Gasteiger partial charge in [-0.15, -0.1) is 0 Å². The Morgan fingerprint density at radius 2 is 1.92 bits per heavy atom. The molecule has 2 aromatic carbocycles. The molecule has 0 heterocycles. The predicted molar refractivity (Wildman–Crippen MR) is 101 cm³/mol. The van der Waals surface area contributed by atoms with E-state index in [0.717, 1.165) is 18.4 Å². The lowest BCUT2D eigenvalue weighted by Crippen LogP contribution is -2.27. The molecule has 134 valence electrons. The fourth-order valence-corrected chi connectivity index (χ4v) is 2.53. The van der Waals surface area contributed by atoms with Crippen LogP contribution in [0, 0.1) is 0 Å². The molecule has 0 aliphatic carbocycles. The average Bonchev–Trinajstić information content (AvgIpc) is 2.57. The summed E-state index contributed by atoms with van der Waals surface area (Å²) in [5.41, 5.74) is 1.58. The molecule has 0 aliphatic rings. The van der Waals surface area contributed by atoms with E-state index in [1.807, 2.05) is 12.1 Å². The highest BCUT2D eigenvalue weighted by atomic mass is 35.5. The van der Waals surface area contributed by atoms with Gasteiger partial charge in [-0.05, 0) is 42.3 Å². The van der Waals surface area contributed by atoms with Crippen molar-refractivity contribution in [3.05, 3.63) is 53.1 Å². The summed E-state index contributed by atoms with van der Waals surface area (Å²) in [6.07, 6.45) is 1.60. The summed E-state index contributed by atoms with van der Waals surface area (Å²) >= 11 is 6.32. The summed E-state index contributed by atoms with van der Waals surface area (Å²) in [4.78, 5) is 13.1. The Labute approximate surface area is 153 Å². The molecule has 1 unspecified atom stereocenters. The number of nitrogens with one attached hydrogen (secondary N) is 1. The Bertz CT molecular complexity index is 717. The van der Waals surface area contributed by atoms with Crippen molar-refractivity contribution in [2.24, 2.45) is 0 Å². The summed E-state index contributed by atoms with van der Waals surface area (Å²) in [7, 11) is 3.34. The van der Waals surface area contributed by atoms with Crippen LogP contribution in [0.2, 0.25) is 5.02 Å². The van der Waals surface area contributed by atoms with E-state index in [-0.39, 0.29) is 17.9 Å². The molecule has 6 heteroatoms. The first-order chi connectivity index (χ1) is 11.9. The first-order valence-corrected chi connectivity index (χ1v) is 8.52. The van der Waals surface area contributed by atoms with Crippen LogP contribution < -0.4 is 10.1 Å². The van der Waals surface area contributed by atoms with Crippen molar-refractivity contribution in [3.63, 3.8) is 0 Å². The van der Waals surface area contributed by atoms with Crippen molar-refractivity contribution < 1.29 is 14.6 Å². The second-order valence-electron chi connectivity index (χ2n) is 5.96. The molecule has 0 bridgehead atoms. The van der Waals surface area contributed by atoms with Gasteiger partial charge in [-0.2, -0.15) is 0 Å². The van der Waals surface area contributed by atoms with Gasteiger partial charge in [0.05, 0.1) is 5.02 Å². The maximum absolute atomic E-state index is 11.7. The average molecular weight is 363 g/mol. The SMILES string of the molecule is CCCC(Oc1ccc(NC(=O)N(C)C)cc1Cl)c1ccc(O)cc1. The van der Waals surface area contributed by atoms with Gasteiger partial charge >= 0.3 is 6.03 Å². The molecular formula is C19H23ClN2O3. The van der Waals surface area contributed by atoms with Crippen LogP contribution in [-0.2, 0) is 0 Å². The minimum atomic E-state index is -0.224. The molecule has 5 nitrogen and oxygen atoms in total. The van der Waals surface area contributed by atoms with E-state index in [9.17, 15) is 9.90 Å². The maximum atomic E-state index is 11.7. The first kappa shape index (κ1) is 18.9. The van der Waals surface area contributed by atoms with Crippen molar-refractivity contribution in [3.8, 4) is 11.5 Å². The number of anilines is 1. The fraction of sp³-hybridized carbons (Fsp3) is 0.316. The number of benzene rings is 2. The van der Waals surface area contributed by atoms with E-state index in [2.05, 4.69) is 12.2 Å². The van der Waals surface area contributed by atoms with Crippen LogP contribution >= 0.6 is 11.6 Å². The van der Waals surface area contributed by atoms with E-state index in [4.69, 9.17) is 16.3 Å². The topological polar surface area (TPSA) is 61.8 Å². The zero-order valence-electron chi connectivity index (χ0n) is 14.6. The quantitative estimate of drug-likeness (QED) is 0.755. The standard InChI is InChI=1S/C19H23ClN2O3/c1-4-5-17(13-6-9-15(23)10-7-13)25-18-11-8-14(12-16(18)20)21-19(24)22(2)3/h6-12,17,23H,4-5H2,1-3H3,(H,21,24). The zero-order valence-corrected chi connectivity index (χ0v) is 15.4. The van der Waals surface area contributed by atoms with Crippen molar-refractivity contribution >= 4 is 23.3 Å². The summed E-state index contributed by atoms with van der Waals surface area (Å²) < 4.78 is 6.08. The number of phenols is 1. The van der Waals surface area contributed by atoms with Gasteiger partial charge in [0.15, 0.2) is 0 Å². The minimum absolute atomic E-state index is 0.162. The monoisotopic (exact) mass is 362 g/mol. The lowest BCUT2D eigenvalue weighted by atomic mass is 10.0. The molecule has 0 aliphatic heterocycles. The lowest BCUT2D eigenvalue weighted by Gasteiger charge is -2.20. The number of rotatable bonds is 6. The third-order valence-electron chi connectivity index (χ3n) is 3.67. The third kappa shape index (κ3) is 5.29. The number of carbonyl (C=O) groups is 1. The smallest absolute Gasteiger partial charge is 0.321 e. The first-order valence-electron chi connectivity index (χ1n) is 8.14. The number of halogens is 1. The summed E-state index contributed by atoms with van der Waals surface area (Å²) in [6, 6.07) is 11.9. The molecule has 0 aromatic heterocycles. The molecule has 2 N–H and O–H groups in total. The second kappa shape index (κ2) is 8.62. The van der Waals surface area contributed by atoms with Gasteiger partial charge < -0.3 is 20.1 Å². The number of aromatic hydroxyl groups is 1. The third-order valence-corrected chi connectivity index (χ3v) is 3.97. The van der Waals surface area contributed by atoms with Gasteiger partial charge in [0.1, 0.15) is 17.6 Å². The number of carbonyl (C=O) groups excluding carboxylic acids is 1. The minimum Gasteiger partial charge on any atom is -0.508 e. The van der Waals surface area contributed by atoms with Crippen LogP contribution in [0.15, 0.2) is 42.5 Å². The molecule has 0 radical (unpaired) electrons. The Hall–Kier alpha value is -2.40. The highest BCUT2D eigenvalue weighted by Crippen LogP contribution is 2.33. The van der Waals surface area contributed by atoms with Crippen molar-refractivity contribution in [1.29, 1.82) is 0 Å². The number of urea groups is 1. The summed E-state index contributed by atoms with van der Waals surface area (Å²) in [6.45, 7) is 2.08. The van der Waals surface area contributed by atoms with E-state index in [0.29, 0.717) is 16.5 Å². The number of hydrogen-bond donors (Lipinski definition) is 2. The van der Waals surface area contributed by atoms with E-state index in [1.165, 1.54) is 4.90 Å². The fourth-order valence-electron chi connectivity index (χ4n) is 2.31. The molecule has 2 amide bonds. The van der Waals surface area contributed by atoms with Gasteiger partial charge in [-0.1, -0.05) is 37.1 Å². The predicted octanol–water partition coefficient (Wildman–Crippen LogP) is 5.06. The van der Waals surface area contributed by atoms with E-state index in [1.54, 1.807) is 44.4 Å². The highest BCUT2D eigenvalue weighted by Gasteiger charge is 2.15. The maximum Gasteiger partial charge on any atom is 0.321 e. The highest BCUT2D eigenvalue weighted by molar-refractivity contribution is 6.32. The second-order valence-corrected chi connectivity index (χ2v) is 6.36. The molecule has 0 saturated heterocycles. The molecular weight excluding hydrogens is 340 g/mol. The van der Waals surface area contributed by atoms with Crippen LogP contribution in [0.4, 0.5) is 10.5 Å². The lowest BCUT2D eigenvalue weighted by molar-refractivity contribution is 0.194. The van der Waals surface area contributed by atoms with Crippen LogP contribution in [0.5, 0.6) is 11.5 Å². The zero-order chi connectivity index (χ0) is 18.4. The number of ether oxygens (including phenoxy) is 1. The van der Waals surface area contributed by atoms with Crippen molar-refractivity contribution in [1.82, 2.24) is 4.90 Å². The van der Waals surface area contributed by atoms with Gasteiger partial charge in [0, 0.05) is 19.8 Å². The Morgan fingerprint density at radius 1 is 1.24 bits per heavy atom. The molecule has 1 atom stereocenters. The normalized spacial score (nSPS) is 11.7. The number of hydrogen-bond acceptors (Lipinski definition) is 3. The van der Waals surface area contributed by atoms with Gasteiger partial charge in [-0.3, -0.25) is 0 Å². The van der Waals surface area contributed by atoms with Crippen molar-refractivity contribution in [2.75, 3.05) is 19.4 Å². The van der Waals surface area contributed by atoms with Crippen LogP contribution in [0.1, 0.15) is 31.4 Å². The van der Waals surface area contributed by atoms with Crippen LogP contribution in [-0.4, -0.2) is 30.1 Å².